The van der Waals surface area contributed by atoms with E-state index in [2.05, 4.69) is 0 Å². The summed E-state index contributed by atoms with van der Waals surface area (Å²) in [6.07, 6.45) is 0. The van der Waals surface area contributed by atoms with Gasteiger partial charge in [0.15, 0.2) is 14.3 Å². The van der Waals surface area contributed by atoms with Gasteiger partial charge < -0.3 is 13.7 Å². The molecule has 6 heteroatoms. The van der Waals surface area contributed by atoms with Crippen molar-refractivity contribution in [3.8, 4) is 0 Å². The normalized spacial score (nSPS) is 13.2. The predicted molar refractivity (Wildman–Crippen MR) is 272 cm³/mol. The van der Waals surface area contributed by atoms with Gasteiger partial charge in [-0.1, -0.05) is 212 Å². The summed E-state index contributed by atoms with van der Waals surface area (Å²) in [6.45, 7) is 1.80. The molecule has 0 heterocycles. The van der Waals surface area contributed by atoms with Gasteiger partial charge >= 0.3 is 0 Å². The number of rotatable bonds is 8. The number of benzene rings is 11. The van der Waals surface area contributed by atoms with Crippen LogP contribution in [0, 0.1) is 0 Å². The average Bonchev–Trinajstić information content (AvgIpc) is 3.34. The van der Waals surface area contributed by atoms with E-state index in [-0.39, 0.29) is 0 Å². The van der Waals surface area contributed by atoms with Crippen LogP contribution < -0.4 is 42.4 Å². The molecular weight excluding hydrogens is 826 g/mol. The first-order valence-electron chi connectivity index (χ1n) is 21.1. The minimum atomic E-state index is -3.92. The lowest BCUT2D eigenvalue weighted by Gasteiger charge is -2.28. The van der Waals surface area contributed by atoms with Gasteiger partial charge in [-0.05, 0) is 78.7 Å². The molecule has 0 N–H and O–H groups in total. The Balaban J connectivity index is 1.33. The molecule has 63 heavy (non-hydrogen) atoms. The third-order valence-electron chi connectivity index (χ3n) is 12.8. The predicted octanol–water partition coefficient (Wildman–Crippen LogP) is 11.7. The van der Waals surface area contributed by atoms with Crippen LogP contribution in [0.15, 0.2) is 231 Å². The molecule has 0 aliphatic heterocycles. The summed E-state index contributed by atoms with van der Waals surface area (Å²) in [5.41, 5.74) is 0. The largest absolute Gasteiger partial charge is 0.314 e. The lowest BCUT2D eigenvalue weighted by Crippen LogP contribution is -2.35. The number of hydrogen-bond donors (Lipinski definition) is 0. The summed E-state index contributed by atoms with van der Waals surface area (Å²) < 4.78 is 51.1. The maximum Gasteiger partial charge on any atom is 0.172 e. The highest BCUT2D eigenvalue weighted by Gasteiger charge is 2.40. The molecule has 0 bridgehead atoms. The van der Waals surface area contributed by atoms with E-state index in [1.807, 2.05) is 231 Å². The summed E-state index contributed by atoms with van der Waals surface area (Å²) in [7, 11) is -11.4. The highest BCUT2D eigenvalue weighted by Crippen LogP contribution is 2.51. The first kappa shape index (κ1) is 39.3. The maximum absolute atomic E-state index is 17.5. The zero-order chi connectivity index (χ0) is 42.8. The molecule has 0 saturated carbocycles. The van der Waals surface area contributed by atoms with Crippen LogP contribution in [0.5, 0.6) is 0 Å². The molecule has 0 saturated heterocycles. The van der Waals surface area contributed by atoms with Gasteiger partial charge in [0.2, 0.25) is 0 Å². The lowest BCUT2D eigenvalue weighted by atomic mass is 10.1. The minimum absolute atomic E-state index is 0.478. The lowest BCUT2D eigenvalue weighted by molar-refractivity contribution is 0.590. The molecular formula is C57H41O3P3. The molecule has 11 aromatic carbocycles. The summed E-state index contributed by atoms with van der Waals surface area (Å²) >= 11 is 0. The molecule has 11 rings (SSSR count). The van der Waals surface area contributed by atoms with Crippen molar-refractivity contribution in [2.24, 2.45) is 0 Å². The van der Waals surface area contributed by atoms with Crippen molar-refractivity contribution < 1.29 is 13.7 Å². The van der Waals surface area contributed by atoms with Gasteiger partial charge in [0, 0.05) is 42.4 Å². The molecule has 0 aliphatic rings. The van der Waals surface area contributed by atoms with Gasteiger partial charge in [0.05, 0.1) is 0 Å². The first-order valence-corrected chi connectivity index (χ1v) is 26.7. The molecule has 0 radical (unpaired) electrons. The maximum atomic E-state index is 17.5. The van der Waals surface area contributed by atoms with Crippen LogP contribution in [-0.2, 0) is 13.7 Å². The second kappa shape index (κ2) is 15.3. The fourth-order valence-corrected chi connectivity index (χ4v) is 18.3. The molecule has 302 valence electrons. The Morgan fingerprint density at radius 3 is 0.778 bits per heavy atom. The highest BCUT2D eigenvalue weighted by atomic mass is 31.2. The highest BCUT2D eigenvalue weighted by molar-refractivity contribution is 7.88. The molecule has 1 atom stereocenters. The number of hydrogen-bond acceptors (Lipinski definition) is 3. The van der Waals surface area contributed by atoms with Gasteiger partial charge in [0.25, 0.3) is 0 Å². The van der Waals surface area contributed by atoms with Crippen LogP contribution in [0.3, 0.4) is 0 Å². The molecule has 11 aromatic rings. The fourth-order valence-electron chi connectivity index (χ4n) is 9.66. The van der Waals surface area contributed by atoms with Crippen LogP contribution in [0.25, 0.3) is 53.9 Å². The van der Waals surface area contributed by atoms with E-state index in [4.69, 9.17) is 0 Å². The van der Waals surface area contributed by atoms with E-state index in [0.29, 0.717) is 42.4 Å². The van der Waals surface area contributed by atoms with Gasteiger partial charge in [0.1, 0.15) is 7.14 Å². The Morgan fingerprint density at radius 2 is 0.476 bits per heavy atom. The Labute approximate surface area is 366 Å². The van der Waals surface area contributed by atoms with E-state index in [1.54, 1.807) is 6.66 Å². The zero-order valence-electron chi connectivity index (χ0n) is 34.5. The fraction of sp³-hybridized carbons (Fsp3) is 0.0175. The van der Waals surface area contributed by atoms with Crippen LogP contribution in [0.2, 0.25) is 0 Å². The minimum Gasteiger partial charge on any atom is -0.314 e. The third-order valence-corrected chi connectivity index (χ3v) is 21.6. The van der Waals surface area contributed by atoms with E-state index >= 15 is 13.7 Å². The third kappa shape index (κ3) is 6.30. The van der Waals surface area contributed by atoms with E-state index in [9.17, 15) is 0 Å². The SMILES string of the molecule is CP(=O)(c1cc(P(=O)(c2cccc3ccccc23)c2cccc3ccccc23)cc(P(=O)(c2cccc3ccccc23)c2cccc3ccccc23)c1)c1cccc2ccccc12. The van der Waals surface area contributed by atoms with Crippen molar-refractivity contribution in [3.63, 3.8) is 0 Å². The van der Waals surface area contributed by atoms with Gasteiger partial charge in [-0.15, -0.1) is 0 Å². The summed E-state index contributed by atoms with van der Waals surface area (Å²) in [5, 5.41) is 14.0. The molecule has 0 aromatic heterocycles. The summed E-state index contributed by atoms with van der Waals surface area (Å²) in [6, 6.07) is 75.9. The van der Waals surface area contributed by atoms with Gasteiger partial charge in [-0.25, -0.2) is 0 Å². The van der Waals surface area contributed by atoms with Crippen molar-refractivity contribution in [1.29, 1.82) is 0 Å². The first-order chi connectivity index (χ1) is 30.8. The van der Waals surface area contributed by atoms with Crippen LogP contribution in [0.1, 0.15) is 0 Å². The van der Waals surface area contributed by atoms with Crippen molar-refractivity contribution in [2.45, 2.75) is 0 Å². The van der Waals surface area contributed by atoms with Gasteiger partial charge in [-0.2, -0.15) is 0 Å². The van der Waals surface area contributed by atoms with Crippen LogP contribution in [-0.4, -0.2) is 6.66 Å². The summed E-state index contributed by atoms with van der Waals surface area (Å²) in [4.78, 5) is 0. The monoisotopic (exact) mass is 866 g/mol. The molecule has 3 nitrogen and oxygen atoms in total. The quantitative estimate of drug-likeness (QED) is 0.143. The second-order valence-electron chi connectivity index (χ2n) is 16.3. The van der Waals surface area contributed by atoms with Crippen LogP contribution in [0.4, 0.5) is 0 Å². The number of fused-ring (bicyclic) bond motifs is 5. The second-order valence-corrected chi connectivity index (χ2v) is 24.6. The Bertz CT molecular complexity index is 3390. The zero-order valence-corrected chi connectivity index (χ0v) is 37.2. The Kier molecular flexibility index (Phi) is 9.56. The van der Waals surface area contributed by atoms with Crippen molar-refractivity contribution in [1.82, 2.24) is 0 Å². The molecule has 0 spiro atoms. The molecule has 0 amide bonds. The van der Waals surface area contributed by atoms with E-state index < -0.39 is 21.4 Å². The topological polar surface area (TPSA) is 51.2 Å². The molecule has 0 aliphatic carbocycles. The van der Waals surface area contributed by atoms with Crippen molar-refractivity contribution >= 4 is 118 Å². The molecule has 0 fully saturated rings. The Hall–Kier alpha value is -6.59. The van der Waals surface area contributed by atoms with Crippen LogP contribution >= 0.6 is 21.4 Å². The van der Waals surface area contributed by atoms with Crippen molar-refractivity contribution in [2.75, 3.05) is 6.66 Å². The molecule has 1 unspecified atom stereocenters. The van der Waals surface area contributed by atoms with Gasteiger partial charge in [-0.3, -0.25) is 0 Å². The smallest absolute Gasteiger partial charge is 0.172 e. The van der Waals surface area contributed by atoms with E-state index in [0.717, 1.165) is 53.9 Å². The van der Waals surface area contributed by atoms with Crippen molar-refractivity contribution in [3.05, 3.63) is 231 Å². The van der Waals surface area contributed by atoms with E-state index in [1.165, 1.54) is 0 Å². The average molecular weight is 867 g/mol. The Morgan fingerprint density at radius 1 is 0.254 bits per heavy atom. The summed E-state index contributed by atoms with van der Waals surface area (Å²) in [5.74, 6) is 0. The standard InChI is InChI=1S/C57H41O3P3/c1-61(58,53-32-12-22-40-17-2-7-27-48(40)53)45-37-46(62(59,54-33-13-23-41-18-3-8-28-49(41)54)55-34-14-24-42-19-4-9-29-50(42)55)39-47(38-45)63(60,56-35-15-25-43-20-5-10-30-51(43)56)57-36-16-26-44-21-6-11-31-52(44)57/h2-39H,1H3.